The van der Waals surface area contributed by atoms with Crippen molar-refractivity contribution in [1.82, 2.24) is 14.8 Å². The Kier molecular flexibility index (Phi) is 3.66. The molecular weight excluding hydrogens is 242 g/mol. The molecule has 0 saturated carbocycles. The van der Waals surface area contributed by atoms with Gasteiger partial charge in [-0.25, -0.2) is 9.67 Å². The summed E-state index contributed by atoms with van der Waals surface area (Å²) in [5.74, 6) is 1.27. The smallest absolute Gasteiger partial charge is 0.165 e. The maximum atomic E-state index is 8.76. The Morgan fingerprint density at radius 3 is 2.89 bits per heavy atom. The Labute approximate surface area is 111 Å². The van der Waals surface area contributed by atoms with E-state index in [1.807, 2.05) is 19.9 Å². The van der Waals surface area contributed by atoms with Crippen LogP contribution in [0.25, 0.3) is 0 Å². The monoisotopic (exact) mass is 257 g/mol. The van der Waals surface area contributed by atoms with Crippen molar-refractivity contribution in [3.8, 4) is 11.8 Å². The maximum Gasteiger partial charge on any atom is 0.165 e. The van der Waals surface area contributed by atoms with Crippen molar-refractivity contribution in [3.63, 3.8) is 0 Å². The Morgan fingerprint density at radius 2 is 2.26 bits per heavy atom. The number of hydrogen-bond donors (Lipinski definition) is 1. The van der Waals surface area contributed by atoms with Gasteiger partial charge >= 0.3 is 0 Å². The van der Waals surface area contributed by atoms with Crippen LogP contribution in [0, 0.1) is 11.3 Å². The highest BCUT2D eigenvalue weighted by atomic mass is 16.5. The number of nitrogens with zero attached hydrogens (tertiary/aromatic N) is 4. The molecule has 1 aromatic heterocycles. The standard InChI is InChI=1S/C13H15N5O/c1-9(2)18-13(16-8-17-18)7-19-12-4-3-10(6-14)5-11(12)15/h3-5,8-9H,7,15H2,1-2H3. The van der Waals surface area contributed by atoms with E-state index in [0.29, 0.717) is 17.0 Å². The summed E-state index contributed by atoms with van der Waals surface area (Å²) in [4.78, 5) is 4.15. The lowest BCUT2D eigenvalue weighted by atomic mass is 10.2. The third-order valence-corrected chi connectivity index (χ3v) is 2.63. The number of anilines is 1. The fourth-order valence-corrected chi connectivity index (χ4v) is 1.70. The fraction of sp³-hybridized carbons (Fsp3) is 0.308. The normalized spacial score (nSPS) is 10.4. The summed E-state index contributed by atoms with van der Waals surface area (Å²) in [5, 5.41) is 12.9. The molecule has 1 aromatic carbocycles. The predicted octanol–water partition coefficient (Wildman–Crippen LogP) is 1.89. The van der Waals surface area contributed by atoms with Crippen molar-refractivity contribution < 1.29 is 4.74 Å². The molecule has 98 valence electrons. The summed E-state index contributed by atoms with van der Waals surface area (Å²) in [5.41, 5.74) is 6.76. The van der Waals surface area contributed by atoms with Gasteiger partial charge in [0.1, 0.15) is 18.7 Å². The summed E-state index contributed by atoms with van der Waals surface area (Å²) in [6.45, 7) is 4.33. The van der Waals surface area contributed by atoms with Crippen molar-refractivity contribution in [3.05, 3.63) is 35.9 Å². The van der Waals surface area contributed by atoms with Gasteiger partial charge in [0, 0.05) is 6.04 Å². The molecule has 0 amide bonds. The molecule has 6 nitrogen and oxygen atoms in total. The quantitative estimate of drug-likeness (QED) is 0.845. The second kappa shape index (κ2) is 5.40. The van der Waals surface area contributed by atoms with Crippen LogP contribution in [-0.4, -0.2) is 14.8 Å². The number of nitrogen functional groups attached to an aromatic ring is 1. The van der Waals surface area contributed by atoms with Crippen LogP contribution in [0.3, 0.4) is 0 Å². The third-order valence-electron chi connectivity index (χ3n) is 2.63. The lowest BCUT2D eigenvalue weighted by Gasteiger charge is -2.11. The largest absolute Gasteiger partial charge is 0.483 e. The van der Waals surface area contributed by atoms with E-state index >= 15 is 0 Å². The van der Waals surface area contributed by atoms with Crippen LogP contribution in [0.15, 0.2) is 24.5 Å². The molecule has 2 N–H and O–H groups in total. The molecule has 19 heavy (non-hydrogen) atoms. The molecule has 1 heterocycles. The number of nitrogens with two attached hydrogens (primary N) is 1. The van der Waals surface area contributed by atoms with Gasteiger partial charge in [0.05, 0.1) is 17.3 Å². The molecule has 0 unspecified atom stereocenters. The van der Waals surface area contributed by atoms with E-state index in [0.717, 1.165) is 5.82 Å². The minimum absolute atomic E-state index is 0.222. The Morgan fingerprint density at radius 1 is 1.47 bits per heavy atom. The summed E-state index contributed by atoms with van der Waals surface area (Å²) < 4.78 is 7.41. The molecule has 2 aromatic rings. The molecule has 0 radical (unpaired) electrons. The zero-order valence-corrected chi connectivity index (χ0v) is 10.9. The van der Waals surface area contributed by atoms with Crippen molar-refractivity contribution in [2.24, 2.45) is 0 Å². The van der Waals surface area contributed by atoms with Crippen LogP contribution in [0.1, 0.15) is 31.3 Å². The topological polar surface area (TPSA) is 89.8 Å². The molecule has 0 aliphatic heterocycles. The summed E-state index contributed by atoms with van der Waals surface area (Å²) in [6.07, 6.45) is 1.50. The first-order valence-electron chi connectivity index (χ1n) is 5.92. The number of nitriles is 1. The Balaban J connectivity index is 2.11. The second-order valence-corrected chi connectivity index (χ2v) is 4.37. The van der Waals surface area contributed by atoms with Crippen LogP contribution in [0.2, 0.25) is 0 Å². The van der Waals surface area contributed by atoms with Crippen molar-refractivity contribution >= 4 is 5.69 Å². The van der Waals surface area contributed by atoms with Gasteiger partial charge in [0.25, 0.3) is 0 Å². The summed E-state index contributed by atoms with van der Waals surface area (Å²) >= 11 is 0. The number of benzene rings is 1. The number of ether oxygens (including phenoxy) is 1. The maximum absolute atomic E-state index is 8.76. The molecule has 0 spiro atoms. The molecule has 2 rings (SSSR count). The van der Waals surface area contributed by atoms with Gasteiger partial charge < -0.3 is 10.5 Å². The van der Waals surface area contributed by atoms with Gasteiger partial charge in [-0.05, 0) is 32.0 Å². The number of rotatable bonds is 4. The Bertz CT molecular complexity index is 612. The van der Waals surface area contributed by atoms with Gasteiger partial charge in [-0.1, -0.05) is 0 Å². The SMILES string of the molecule is CC(C)n1ncnc1COc1ccc(C#N)cc1N. The summed E-state index contributed by atoms with van der Waals surface area (Å²) in [7, 11) is 0. The van der Waals surface area contributed by atoms with E-state index < -0.39 is 0 Å². The van der Waals surface area contributed by atoms with Crippen LogP contribution < -0.4 is 10.5 Å². The van der Waals surface area contributed by atoms with E-state index in [2.05, 4.69) is 10.1 Å². The van der Waals surface area contributed by atoms with Crippen LogP contribution in [0.4, 0.5) is 5.69 Å². The predicted molar refractivity (Wildman–Crippen MR) is 70.3 cm³/mol. The molecule has 0 saturated heterocycles. The zero-order chi connectivity index (χ0) is 13.8. The van der Waals surface area contributed by atoms with E-state index in [1.54, 1.807) is 22.9 Å². The van der Waals surface area contributed by atoms with Crippen molar-refractivity contribution in [1.29, 1.82) is 5.26 Å². The lowest BCUT2D eigenvalue weighted by molar-refractivity contribution is 0.284. The highest BCUT2D eigenvalue weighted by Gasteiger charge is 2.09. The highest BCUT2D eigenvalue weighted by Crippen LogP contribution is 2.23. The van der Waals surface area contributed by atoms with Gasteiger partial charge in [-0.3, -0.25) is 0 Å². The third kappa shape index (κ3) is 2.83. The van der Waals surface area contributed by atoms with Crippen LogP contribution >= 0.6 is 0 Å². The molecule has 0 bridgehead atoms. The second-order valence-electron chi connectivity index (χ2n) is 4.37. The fourth-order valence-electron chi connectivity index (χ4n) is 1.70. The number of hydrogen-bond acceptors (Lipinski definition) is 5. The van der Waals surface area contributed by atoms with E-state index in [-0.39, 0.29) is 12.6 Å². The molecule has 6 heteroatoms. The first kappa shape index (κ1) is 12.9. The minimum Gasteiger partial charge on any atom is -0.483 e. The van der Waals surface area contributed by atoms with Crippen molar-refractivity contribution in [2.75, 3.05) is 5.73 Å². The Hall–Kier alpha value is -2.55. The first-order valence-corrected chi connectivity index (χ1v) is 5.92. The number of aromatic nitrogens is 3. The van der Waals surface area contributed by atoms with Crippen molar-refractivity contribution in [2.45, 2.75) is 26.5 Å². The first-order chi connectivity index (χ1) is 9.11. The minimum atomic E-state index is 0.222. The van der Waals surface area contributed by atoms with Crippen LogP contribution in [-0.2, 0) is 6.61 Å². The zero-order valence-electron chi connectivity index (χ0n) is 10.9. The highest BCUT2D eigenvalue weighted by molar-refractivity contribution is 5.56. The van der Waals surface area contributed by atoms with Gasteiger partial charge in [0.2, 0.25) is 0 Å². The molecule has 0 atom stereocenters. The summed E-state index contributed by atoms with van der Waals surface area (Å²) in [6, 6.07) is 7.18. The molecule has 0 aliphatic carbocycles. The van der Waals surface area contributed by atoms with E-state index in [4.69, 9.17) is 15.7 Å². The van der Waals surface area contributed by atoms with Gasteiger partial charge in [-0.15, -0.1) is 0 Å². The van der Waals surface area contributed by atoms with Gasteiger partial charge in [0.15, 0.2) is 5.82 Å². The van der Waals surface area contributed by atoms with E-state index in [1.165, 1.54) is 6.33 Å². The van der Waals surface area contributed by atoms with Crippen LogP contribution in [0.5, 0.6) is 5.75 Å². The molecule has 0 fully saturated rings. The lowest BCUT2D eigenvalue weighted by Crippen LogP contribution is -2.11. The average Bonchev–Trinajstić information content (AvgIpc) is 2.85. The molecule has 0 aliphatic rings. The molecular formula is C13H15N5O. The van der Waals surface area contributed by atoms with E-state index in [9.17, 15) is 0 Å². The average molecular weight is 257 g/mol. The van der Waals surface area contributed by atoms with Gasteiger partial charge in [-0.2, -0.15) is 10.4 Å².